The summed E-state index contributed by atoms with van der Waals surface area (Å²) >= 11 is 6.02. The van der Waals surface area contributed by atoms with E-state index in [-0.39, 0.29) is 0 Å². The number of anilines is 1. The van der Waals surface area contributed by atoms with Gasteiger partial charge in [0, 0.05) is 10.7 Å². The van der Waals surface area contributed by atoms with Crippen LogP contribution in [0.4, 0.5) is 5.69 Å². The van der Waals surface area contributed by atoms with Crippen molar-refractivity contribution < 1.29 is 14.3 Å². The fourth-order valence-electron chi connectivity index (χ4n) is 1.95. The molecule has 0 aliphatic carbocycles. The first-order chi connectivity index (χ1) is 10.9. The van der Waals surface area contributed by atoms with Crippen LogP contribution < -0.4 is 5.32 Å². The standard InChI is InChI=1S/C18H18ClNO3/c1-11-7-9-14(10-8-11)18(22)23-13(3)17(21)20-16-6-4-5-15(19)12(16)2/h4-10,13H,1-3H3,(H,20,21). The van der Waals surface area contributed by atoms with Gasteiger partial charge < -0.3 is 10.1 Å². The van der Waals surface area contributed by atoms with Crippen LogP contribution in [0.25, 0.3) is 0 Å². The molecule has 2 aromatic carbocycles. The van der Waals surface area contributed by atoms with Crippen LogP contribution in [0.3, 0.4) is 0 Å². The third-order valence-electron chi connectivity index (χ3n) is 3.47. The number of aryl methyl sites for hydroxylation is 1. The highest BCUT2D eigenvalue weighted by atomic mass is 35.5. The summed E-state index contributed by atoms with van der Waals surface area (Å²) in [6.45, 7) is 5.26. The zero-order valence-electron chi connectivity index (χ0n) is 13.2. The highest BCUT2D eigenvalue weighted by Crippen LogP contribution is 2.23. The summed E-state index contributed by atoms with van der Waals surface area (Å²) in [7, 11) is 0. The highest BCUT2D eigenvalue weighted by Gasteiger charge is 2.19. The van der Waals surface area contributed by atoms with Gasteiger partial charge in [-0.2, -0.15) is 0 Å². The second kappa shape index (κ2) is 7.29. The van der Waals surface area contributed by atoms with Crippen molar-refractivity contribution in [3.63, 3.8) is 0 Å². The van der Waals surface area contributed by atoms with Gasteiger partial charge in [0.15, 0.2) is 6.10 Å². The fourth-order valence-corrected chi connectivity index (χ4v) is 2.12. The molecule has 2 aromatic rings. The molecular weight excluding hydrogens is 314 g/mol. The zero-order chi connectivity index (χ0) is 17.0. The molecule has 0 spiro atoms. The maximum absolute atomic E-state index is 12.2. The summed E-state index contributed by atoms with van der Waals surface area (Å²) in [4.78, 5) is 24.2. The molecule has 0 aliphatic heterocycles. The van der Waals surface area contributed by atoms with Gasteiger partial charge in [-0.05, 0) is 50.6 Å². The van der Waals surface area contributed by atoms with Gasteiger partial charge in [-0.15, -0.1) is 0 Å². The maximum atomic E-state index is 12.2. The lowest BCUT2D eigenvalue weighted by molar-refractivity contribution is -0.123. The molecule has 1 amide bonds. The quantitative estimate of drug-likeness (QED) is 0.857. The van der Waals surface area contributed by atoms with Crippen molar-refractivity contribution in [2.75, 3.05) is 5.32 Å². The minimum absolute atomic E-state index is 0.407. The molecule has 0 aliphatic rings. The Hall–Kier alpha value is -2.33. The lowest BCUT2D eigenvalue weighted by Gasteiger charge is -2.15. The summed E-state index contributed by atoms with van der Waals surface area (Å²) in [5.41, 5.74) is 2.82. The Kier molecular flexibility index (Phi) is 5.40. The average Bonchev–Trinajstić information content (AvgIpc) is 2.52. The van der Waals surface area contributed by atoms with Crippen LogP contribution in [-0.4, -0.2) is 18.0 Å². The van der Waals surface area contributed by atoms with Gasteiger partial charge in [-0.3, -0.25) is 4.79 Å². The number of hydrogen-bond acceptors (Lipinski definition) is 3. The number of benzene rings is 2. The normalized spacial score (nSPS) is 11.7. The number of halogens is 1. The summed E-state index contributed by atoms with van der Waals surface area (Å²) in [5, 5.41) is 3.28. The molecule has 0 aromatic heterocycles. The predicted octanol–water partition coefficient (Wildman–Crippen LogP) is 4.14. The van der Waals surface area contributed by atoms with Crippen LogP contribution in [0.5, 0.6) is 0 Å². The largest absolute Gasteiger partial charge is 0.449 e. The van der Waals surface area contributed by atoms with Gasteiger partial charge in [0.25, 0.3) is 5.91 Å². The second-order valence-corrected chi connectivity index (χ2v) is 5.72. The Morgan fingerprint density at radius 3 is 2.39 bits per heavy atom. The topological polar surface area (TPSA) is 55.4 Å². The van der Waals surface area contributed by atoms with Crippen molar-refractivity contribution in [3.05, 3.63) is 64.2 Å². The Bertz CT molecular complexity index is 726. The van der Waals surface area contributed by atoms with Gasteiger partial charge >= 0.3 is 5.97 Å². The highest BCUT2D eigenvalue weighted by molar-refractivity contribution is 6.31. The van der Waals surface area contributed by atoms with Crippen molar-refractivity contribution in [2.24, 2.45) is 0 Å². The molecule has 0 saturated heterocycles. The molecule has 1 unspecified atom stereocenters. The van der Waals surface area contributed by atoms with Crippen LogP contribution in [0.15, 0.2) is 42.5 Å². The molecule has 1 N–H and O–H groups in total. The van der Waals surface area contributed by atoms with Crippen molar-refractivity contribution >= 4 is 29.2 Å². The lowest BCUT2D eigenvalue weighted by atomic mass is 10.1. The molecule has 0 fully saturated rings. The van der Waals surface area contributed by atoms with Gasteiger partial charge in [0.05, 0.1) is 5.56 Å². The van der Waals surface area contributed by atoms with Crippen molar-refractivity contribution in [3.8, 4) is 0 Å². The predicted molar refractivity (Wildman–Crippen MR) is 90.9 cm³/mol. The van der Waals surface area contributed by atoms with E-state index in [1.165, 1.54) is 6.92 Å². The molecule has 0 bridgehead atoms. The van der Waals surface area contributed by atoms with E-state index in [0.29, 0.717) is 16.3 Å². The Morgan fingerprint density at radius 2 is 1.74 bits per heavy atom. The minimum Gasteiger partial charge on any atom is -0.449 e. The monoisotopic (exact) mass is 331 g/mol. The lowest BCUT2D eigenvalue weighted by Crippen LogP contribution is -2.30. The zero-order valence-corrected chi connectivity index (χ0v) is 14.0. The third kappa shape index (κ3) is 4.33. The minimum atomic E-state index is -0.915. The van der Waals surface area contributed by atoms with Crippen LogP contribution >= 0.6 is 11.6 Å². The smallest absolute Gasteiger partial charge is 0.338 e. The Morgan fingerprint density at radius 1 is 1.09 bits per heavy atom. The molecular formula is C18H18ClNO3. The van der Waals surface area contributed by atoms with Gasteiger partial charge in [0.1, 0.15) is 0 Å². The number of esters is 1. The van der Waals surface area contributed by atoms with E-state index < -0.39 is 18.0 Å². The number of carbonyl (C=O) groups excluding carboxylic acids is 2. The second-order valence-electron chi connectivity index (χ2n) is 5.32. The van der Waals surface area contributed by atoms with E-state index in [9.17, 15) is 9.59 Å². The summed E-state index contributed by atoms with van der Waals surface area (Å²) in [5.74, 6) is -0.939. The maximum Gasteiger partial charge on any atom is 0.338 e. The van der Waals surface area contributed by atoms with Crippen LogP contribution in [-0.2, 0) is 9.53 Å². The first-order valence-electron chi connectivity index (χ1n) is 7.22. The van der Waals surface area contributed by atoms with E-state index in [1.807, 2.05) is 19.1 Å². The first kappa shape index (κ1) is 17.0. The number of ether oxygens (including phenoxy) is 1. The van der Waals surface area contributed by atoms with Gasteiger partial charge in [0.2, 0.25) is 0 Å². The molecule has 5 heteroatoms. The van der Waals surface area contributed by atoms with E-state index in [1.54, 1.807) is 37.3 Å². The first-order valence-corrected chi connectivity index (χ1v) is 7.60. The van der Waals surface area contributed by atoms with Crippen LogP contribution in [0, 0.1) is 13.8 Å². The van der Waals surface area contributed by atoms with E-state index in [4.69, 9.17) is 16.3 Å². The van der Waals surface area contributed by atoms with Crippen molar-refractivity contribution in [2.45, 2.75) is 26.9 Å². The molecule has 23 heavy (non-hydrogen) atoms. The number of hydrogen-bond donors (Lipinski definition) is 1. The van der Waals surface area contributed by atoms with E-state index >= 15 is 0 Å². The molecule has 0 saturated carbocycles. The molecule has 0 radical (unpaired) electrons. The molecule has 1 atom stereocenters. The summed E-state index contributed by atoms with van der Waals surface area (Å²) in [6, 6.07) is 12.2. The molecule has 2 rings (SSSR count). The SMILES string of the molecule is Cc1ccc(C(=O)OC(C)C(=O)Nc2cccc(Cl)c2C)cc1. The Balaban J connectivity index is 2.01. The van der Waals surface area contributed by atoms with Gasteiger partial charge in [-0.25, -0.2) is 4.79 Å². The van der Waals surface area contributed by atoms with Crippen molar-refractivity contribution in [1.82, 2.24) is 0 Å². The van der Waals surface area contributed by atoms with E-state index in [2.05, 4.69) is 5.32 Å². The number of carbonyl (C=O) groups is 2. The Labute approximate surface area is 140 Å². The van der Waals surface area contributed by atoms with Crippen molar-refractivity contribution in [1.29, 1.82) is 0 Å². The molecule has 0 heterocycles. The number of rotatable bonds is 4. The molecule has 4 nitrogen and oxygen atoms in total. The fraction of sp³-hybridized carbons (Fsp3) is 0.222. The number of amides is 1. The number of nitrogens with one attached hydrogen (secondary N) is 1. The molecule has 120 valence electrons. The third-order valence-corrected chi connectivity index (χ3v) is 3.88. The van der Waals surface area contributed by atoms with Crippen LogP contribution in [0.2, 0.25) is 5.02 Å². The van der Waals surface area contributed by atoms with Gasteiger partial charge in [-0.1, -0.05) is 35.4 Å². The summed E-state index contributed by atoms with van der Waals surface area (Å²) < 4.78 is 5.20. The summed E-state index contributed by atoms with van der Waals surface area (Å²) in [6.07, 6.45) is -0.915. The average molecular weight is 332 g/mol. The van der Waals surface area contributed by atoms with E-state index in [0.717, 1.165) is 11.1 Å². The van der Waals surface area contributed by atoms with Crippen LogP contribution in [0.1, 0.15) is 28.4 Å².